The van der Waals surface area contributed by atoms with E-state index in [-0.39, 0.29) is 11.3 Å². The lowest BCUT2D eigenvalue weighted by Gasteiger charge is -2.23. The molecule has 0 aliphatic carbocycles. The van der Waals surface area contributed by atoms with Gasteiger partial charge in [-0.05, 0) is 35.2 Å². The number of hydrogen-bond acceptors (Lipinski definition) is 5. The molecule has 1 aliphatic rings. The van der Waals surface area contributed by atoms with Crippen molar-refractivity contribution in [3.05, 3.63) is 89.7 Å². The molecule has 0 bridgehead atoms. The van der Waals surface area contributed by atoms with E-state index in [1.165, 1.54) is 0 Å². The van der Waals surface area contributed by atoms with E-state index in [1.54, 1.807) is 29.3 Å². The zero-order valence-electron chi connectivity index (χ0n) is 15.5. The molecule has 7 heteroatoms. The fourth-order valence-corrected chi connectivity index (χ4v) is 5.38. The molecule has 0 saturated carbocycles. The van der Waals surface area contributed by atoms with E-state index in [0.29, 0.717) is 12.3 Å². The minimum absolute atomic E-state index is 0.0720. The van der Waals surface area contributed by atoms with Crippen LogP contribution in [-0.2, 0) is 11.3 Å². The maximum Gasteiger partial charge on any atom is 0.234 e. The SMILES string of the molecule is O=C1CS[C@H](c2cn(-c3ccccc3)nc2-c2cccs2)N1Cc1cccnc1. The molecule has 0 N–H and O–H groups in total. The second kappa shape index (κ2) is 7.85. The predicted octanol–water partition coefficient (Wildman–Crippen LogP) is 4.77. The smallest absolute Gasteiger partial charge is 0.234 e. The van der Waals surface area contributed by atoms with E-state index >= 15 is 0 Å². The Labute approximate surface area is 177 Å². The summed E-state index contributed by atoms with van der Waals surface area (Å²) in [6.07, 6.45) is 5.64. The third kappa shape index (κ3) is 3.59. The van der Waals surface area contributed by atoms with Gasteiger partial charge in [0.25, 0.3) is 0 Å². The average Bonchev–Trinajstić information content (AvgIpc) is 3.50. The summed E-state index contributed by atoms with van der Waals surface area (Å²) in [5.74, 6) is 0.624. The molecule has 0 unspecified atom stereocenters. The number of carbonyl (C=O) groups is 1. The second-order valence-electron chi connectivity index (χ2n) is 6.74. The quantitative estimate of drug-likeness (QED) is 0.468. The number of hydrogen-bond donors (Lipinski definition) is 0. The summed E-state index contributed by atoms with van der Waals surface area (Å²) < 4.78 is 1.91. The molecule has 3 aromatic heterocycles. The summed E-state index contributed by atoms with van der Waals surface area (Å²) in [6.45, 7) is 0.546. The van der Waals surface area contributed by atoms with Crippen molar-refractivity contribution in [3.63, 3.8) is 0 Å². The van der Waals surface area contributed by atoms with Gasteiger partial charge in [0.05, 0.1) is 16.3 Å². The number of rotatable bonds is 5. The standard InChI is InChI=1S/C22H18N4OS2/c27-20-15-29-22(25(20)13-16-6-4-10-23-12-16)18-14-26(17-7-2-1-3-8-17)24-21(18)19-9-5-11-28-19/h1-12,14,22H,13,15H2/t22-/m1/s1. The van der Waals surface area contributed by atoms with E-state index in [0.717, 1.165) is 27.4 Å². The monoisotopic (exact) mass is 418 g/mol. The van der Waals surface area contributed by atoms with Gasteiger partial charge < -0.3 is 4.90 Å². The zero-order chi connectivity index (χ0) is 19.6. The maximum atomic E-state index is 12.7. The van der Waals surface area contributed by atoms with Crippen LogP contribution < -0.4 is 0 Å². The number of nitrogens with zero attached hydrogens (tertiary/aromatic N) is 4. The molecule has 1 aromatic carbocycles. The van der Waals surface area contributed by atoms with Gasteiger partial charge in [-0.2, -0.15) is 5.10 Å². The first-order valence-electron chi connectivity index (χ1n) is 9.28. The van der Waals surface area contributed by atoms with Crippen molar-refractivity contribution < 1.29 is 4.79 Å². The fourth-order valence-electron chi connectivity index (χ4n) is 3.46. The van der Waals surface area contributed by atoms with Gasteiger partial charge in [0.1, 0.15) is 11.1 Å². The van der Waals surface area contributed by atoms with Crippen LogP contribution in [0.3, 0.4) is 0 Å². The highest BCUT2D eigenvalue weighted by atomic mass is 32.2. The Bertz CT molecular complexity index is 1110. The number of aromatic nitrogens is 3. The molecule has 29 heavy (non-hydrogen) atoms. The third-order valence-corrected chi connectivity index (χ3v) is 6.94. The van der Waals surface area contributed by atoms with Crippen molar-refractivity contribution in [2.24, 2.45) is 0 Å². The third-order valence-electron chi connectivity index (χ3n) is 4.83. The van der Waals surface area contributed by atoms with Gasteiger partial charge in [0, 0.05) is 30.7 Å². The largest absolute Gasteiger partial charge is 0.321 e. The molecule has 144 valence electrons. The molecule has 1 fully saturated rings. The van der Waals surface area contributed by atoms with Gasteiger partial charge in [-0.1, -0.05) is 30.3 Å². The molecule has 1 saturated heterocycles. The van der Waals surface area contributed by atoms with E-state index in [1.807, 2.05) is 64.3 Å². The highest BCUT2D eigenvalue weighted by Gasteiger charge is 2.36. The van der Waals surface area contributed by atoms with Gasteiger partial charge in [-0.3, -0.25) is 9.78 Å². The van der Waals surface area contributed by atoms with Crippen LogP contribution in [0.5, 0.6) is 0 Å². The topological polar surface area (TPSA) is 51.0 Å². The summed E-state index contributed by atoms with van der Waals surface area (Å²) in [4.78, 5) is 19.9. The van der Waals surface area contributed by atoms with Crippen molar-refractivity contribution in [2.45, 2.75) is 11.9 Å². The molecule has 0 spiro atoms. The van der Waals surface area contributed by atoms with E-state index < -0.39 is 0 Å². The van der Waals surface area contributed by atoms with Crippen LogP contribution in [0.15, 0.2) is 78.6 Å². The van der Waals surface area contributed by atoms with Crippen molar-refractivity contribution >= 4 is 29.0 Å². The number of amides is 1. The first-order valence-corrected chi connectivity index (χ1v) is 11.2. The van der Waals surface area contributed by atoms with Crippen LogP contribution in [0, 0.1) is 0 Å². The summed E-state index contributed by atoms with van der Waals surface area (Å²) in [5, 5.41) is 6.88. The molecule has 0 radical (unpaired) electrons. The number of thioether (sulfide) groups is 1. The molecule has 1 aliphatic heterocycles. The van der Waals surface area contributed by atoms with E-state index in [9.17, 15) is 4.79 Å². The highest BCUT2D eigenvalue weighted by Crippen LogP contribution is 2.44. The van der Waals surface area contributed by atoms with Crippen molar-refractivity contribution in [3.8, 4) is 16.3 Å². The second-order valence-corrected chi connectivity index (χ2v) is 8.75. The number of para-hydroxylation sites is 1. The molecule has 5 nitrogen and oxygen atoms in total. The Morgan fingerprint density at radius 2 is 1.97 bits per heavy atom. The van der Waals surface area contributed by atoms with Crippen LogP contribution in [0.4, 0.5) is 0 Å². The summed E-state index contributed by atoms with van der Waals surface area (Å²) in [5.41, 5.74) is 4.04. The lowest BCUT2D eigenvalue weighted by atomic mass is 10.2. The predicted molar refractivity (Wildman–Crippen MR) is 117 cm³/mol. The number of carbonyl (C=O) groups excluding carboxylic acids is 1. The lowest BCUT2D eigenvalue weighted by Crippen LogP contribution is -2.27. The van der Waals surface area contributed by atoms with Gasteiger partial charge in [-0.15, -0.1) is 23.1 Å². The van der Waals surface area contributed by atoms with Crippen molar-refractivity contribution in [1.29, 1.82) is 0 Å². The zero-order valence-corrected chi connectivity index (χ0v) is 17.1. The van der Waals surface area contributed by atoms with Gasteiger partial charge in [-0.25, -0.2) is 4.68 Å². The van der Waals surface area contributed by atoms with Crippen LogP contribution in [-0.4, -0.2) is 31.3 Å². The van der Waals surface area contributed by atoms with Crippen LogP contribution >= 0.6 is 23.1 Å². The van der Waals surface area contributed by atoms with E-state index in [2.05, 4.69) is 22.6 Å². The molecular formula is C22H18N4OS2. The molecule has 1 amide bonds. The fraction of sp³-hybridized carbons (Fsp3) is 0.136. The minimum atomic E-state index is -0.0720. The van der Waals surface area contributed by atoms with Gasteiger partial charge >= 0.3 is 0 Å². The Balaban J connectivity index is 1.56. The molecular weight excluding hydrogens is 400 g/mol. The Morgan fingerprint density at radius 3 is 2.72 bits per heavy atom. The first-order chi connectivity index (χ1) is 14.3. The summed E-state index contributed by atoms with van der Waals surface area (Å²) in [7, 11) is 0. The van der Waals surface area contributed by atoms with Crippen molar-refractivity contribution in [1.82, 2.24) is 19.7 Å². The molecule has 4 heterocycles. The van der Waals surface area contributed by atoms with Crippen LogP contribution in [0.25, 0.3) is 16.3 Å². The lowest BCUT2D eigenvalue weighted by molar-refractivity contribution is -0.128. The normalized spacial score (nSPS) is 16.5. The summed E-state index contributed by atoms with van der Waals surface area (Å²) >= 11 is 3.32. The maximum absolute atomic E-state index is 12.7. The summed E-state index contributed by atoms with van der Waals surface area (Å²) in [6, 6.07) is 18.1. The average molecular weight is 419 g/mol. The minimum Gasteiger partial charge on any atom is -0.321 e. The van der Waals surface area contributed by atoms with Crippen LogP contribution in [0.2, 0.25) is 0 Å². The first kappa shape index (κ1) is 18.1. The Hall–Kier alpha value is -2.90. The molecule has 5 rings (SSSR count). The molecule has 1 atom stereocenters. The van der Waals surface area contributed by atoms with Gasteiger partial charge in [0.15, 0.2) is 0 Å². The van der Waals surface area contributed by atoms with Gasteiger partial charge in [0.2, 0.25) is 5.91 Å². The van der Waals surface area contributed by atoms with E-state index in [4.69, 9.17) is 5.10 Å². The Morgan fingerprint density at radius 1 is 1.07 bits per heavy atom. The van der Waals surface area contributed by atoms with Crippen LogP contribution in [0.1, 0.15) is 16.5 Å². The number of pyridine rings is 1. The number of thiophene rings is 1. The Kier molecular flexibility index (Phi) is 4.91. The van der Waals surface area contributed by atoms with Crippen molar-refractivity contribution in [2.75, 3.05) is 5.75 Å². The number of benzene rings is 1. The highest BCUT2D eigenvalue weighted by molar-refractivity contribution is 8.00. The molecule has 4 aromatic rings.